The molecule has 0 aromatic heterocycles. The maximum absolute atomic E-state index is 14.5. The molecule has 4 aliphatic heterocycles. The first-order chi connectivity index (χ1) is 18.2. The summed E-state index contributed by atoms with van der Waals surface area (Å²) in [6, 6.07) is 0.486. The van der Waals surface area contributed by atoms with E-state index in [0.29, 0.717) is 12.6 Å². The molecular weight excluding hydrogens is 603 g/mol. The van der Waals surface area contributed by atoms with Crippen LogP contribution in [0.15, 0.2) is 37.7 Å². The van der Waals surface area contributed by atoms with Gasteiger partial charge in [0.2, 0.25) is 0 Å². The number of allylic oxidation sites excluding steroid dienone is 1. The van der Waals surface area contributed by atoms with Crippen LogP contribution in [-0.4, -0.2) is 101 Å². The monoisotopic (exact) mass is 646 g/mol. The van der Waals surface area contributed by atoms with Gasteiger partial charge in [0.1, 0.15) is 0 Å². The van der Waals surface area contributed by atoms with E-state index >= 15 is 0 Å². The van der Waals surface area contributed by atoms with Crippen LogP contribution in [0.2, 0.25) is 0 Å². The van der Waals surface area contributed by atoms with Crippen LogP contribution in [0.25, 0.3) is 0 Å². The number of hydrogen-bond acceptors (Lipinski definition) is 8. The predicted octanol–water partition coefficient (Wildman–Crippen LogP) is 0.0234. The molecule has 0 aromatic carbocycles. The van der Waals surface area contributed by atoms with Crippen molar-refractivity contribution in [2.24, 2.45) is 16.4 Å². The summed E-state index contributed by atoms with van der Waals surface area (Å²) in [5.74, 6) is -0.112. The van der Waals surface area contributed by atoms with Gasteiger partial charge in [-0.15, -0.1) is 0 Å². The molecule has 2 saturated heterocycles. The summed E-state index contributed by atoms with van der Waals surface area (Å²) in [4.78, 5) is 0. The molecule has 0 spiro atoms. The van der Waals surface area contributed by atoms with Gasteiger partial charge in [0, 0.05) is 0 Å². The van der Waals surface area contributed by atoms with Crippen LogP contribution in [0.4, 0.5) is 8.78 Å². The average molecular weight is 647 g/mol. The van der Waals surface area contributed by atoms with Crippen LogP contribution in [0.5, 0.6) is 0 Å². The zero-order valence-corrected chi connectivity index (χ0v) is 25.2. The molecular formula is C27H43F2IN7O-. The molecule has 2 fully saturated rings. The molecule has 5 aliphatic rings. The third-order valence-electron chi connectivity index (χ3n) is 8.94. The van der Waals surface area contributed by atoms with E-state index in [1.165, 1.54) is 14.4 Å². The fraction of sp³-hybridized carbons (Fsp3) is 0.741. The van der Waals surface area contributed by atoms with Gasteiger partial charge < -0.3 is 0 Å². The zero-order chi connectivity index (χ0) is 27.0. The Morgan fingerprint density at radius 2 is 2.05 bits per heavy atom. The first kappa shape index (κ1) is 28.4. The SMILES string of the molecule is CC1C(C2=CC3(C)CCCN([I-]C4=C(NC5CCNCC5)CCN(N(C)O)C4)C3C=C2C(F)F)C=NN1C. The summed E-state index contributed by atoms with van der Waals surface area (Å²) in [7, 11) is 3.59. The van der Waals surface area contributed by atoms with Crippen molar-refractivity contribution >= 4 is 6.21 Å². The van der Waals surface area contributed by atoms with Crippen LogP contribution in [0.3, 0.4) is 0 Å². The maximum atomic E-state index is 14.5. The number of alkyl halides is 2. The van der Waals surface area contributed by atoms with Crippen molar-refractivity contribution in [2.45, 2.75) is 70.5 Å². The van der Waals surface area contributed by atoms with Gasteiger partial charge >= 0.3 is 237 Å². The van der Waals surface area contributed by atoms with Crippen LogP contribution in [0.1, 0.15) is 46.0 Å². The van der Waals surface area contributed by atoms with Crippen LogP contribution in [0, 0.1) is 11.3 Å². The molecule has 0 aromatic rings. The van der Waals surface area contributed by atoms with Gasteiger partial charge in [-0.1, -0.05) is 0 Å². The summed E-state index contributed by atoms with van der Waals surface area (Å²) in [6.45, 7) is 8.75. The summed E-state index contributed by atoms with van der Waals surface area (Å²) >= 11 is -0.597. The van der Waals surface area contributed by atoms with Gasteiger partial charge in [0.15, 0.2) is 0 Å². The second-order valence-electron chi connectivity index (χ2n) is 11.6. The summed E-state index contributed by atoms with van der Waals surface area (Å²) in [6.07, 6.45) is 8.54. The molecule has 0 bridgehead atoms. The third-order valence-corrected chi connectivity index (χ3v) is 12.2. The molecule has 4 unspecified atom stereocenters. The minimum atomic E-state index is -2.51. The molecule has 38 heavy (non-hydrogen) atoms. The molecule has 0 amide bonds. The first-order valence-electron chi connectivity index (χ1n) is 13.9. The molecule has 214 valence electrons. The van der Waals surface area contributed by atoms with Crippen molar-refractivity contribution in [1.29, 1.82) is 0 Å². The number of rotatable bonds is 7. The Balaban J connectivity index is 1.43. The van der Waals surface area contributed by atoms with Crippen molar-refractivity contribution in [3.05, 3.63) is 32.6 Å². The van der Waals surface area contributed by atoms with E-state index in [2.05, 4.69) is 38.8 Å². The minimum absolute atomic E-state index is 0.0435. The van der Waals surface area contributed by atoms with Crippen LogP contribution >= 0.6 is 0 Å². The second-order valence-corrected chi connectivity index (χ2v) is 14.6. The normalized spacial score (nSPS) is 33.8. The second kappa shape index (κ2) is 11.8. The van der Waals surface area contributed by atoms with Crippen molar-refractivity contribution in [3.8, 4) is 0 Å². The van der Waals surface area contributed by atoms with Crippen molar-refractivity contribution in [3.63, 3.8) is 0 Å². The number of hydrogen-bond donors (Lipinski definition) is 3. The van der Waals surface area contributed by atoms with Gasteiger partial charge in [-0.05, 0) is 0 Å². The van der Waals surface area contributed by atoms with Crippen molar-refractivity contribution < 1.29 is 35.5 Å². The van der Waals surface area contributed by atoms with E-state index in [0.717, 1.165) is 63.9 Å². The fourth-order valence-corrected chi connectivity index (χ4v) is 10.1. The molecule has 5 rings (SSSR count). The topological polar surface area (TPSA) is 69.6 Å². The van der Waals surface area contributed by atoms with Crippen molar-refractivity contribution in [1.82, 2.24) is 28.9 Å². The standard InChI is InChI=1S/C27H43F2IN7O/c1-18-22(16-32-34(18)3)21-15-27(2)9-5-12-37(25(27)14-20(21)26(28)29)30-23-17-36(35(4)38)13-8-24(23)33-19-6-10-31-11-7-19/h14-16,18-19,22,25-26,31,33,38H,5-13,17H2,1-4H3/q-1. The molecule has 3 N–H and O–H groups in total. The number of nitrogens with zero attached hydrogens (tertiary/aromatic N) is 5. The summed E-state index contributed by atoms with van der Waals surface area (Å²) < 4.78 is 32.9. The molecule has 8 nitrogen and oxygen atoms in total. The number of fused-ring (bicyclic) bond motifs is 1. The van der Waals surface area contributed by atoms with Gasteiger partial charge in [-0.3, -0.25) is 0 Å². The van der Waals surface area contributed by atoms with Crippen LogP contribution < -0.4 is 32.1 Å². The molecule has 1 aliphatic carbocycles. The quantitative estimate of drug-likeness (QED) is 0.205. The number of nitrogens with one attached hydrogen (secondary N) is 2. The van der Waals surface area contributed by atoms with E-state index in [-0.39, 0.29) is 29.0 Å². The Hall–Kier alpha value is -1.12. The average Bonchev–Trinajstić information content (AvgIpc) is 3.22. The predicted molar refractivity (Wildman–Crippen MR) is 141 cm³/mol. The number of hydrazine groups is 1. The molecule has 4 atom stereocenters. The van der Waals surface area contributed by atoms with E-state index in [9.17, 15) is 14.0 Å². The van der Waals surface area contributed by atoms with Gasteiger partial charge in [0.05, 0.1) is 0 Å². The number of hydrazone groups is 1. The summed E-state index contributed by atoms with van der Waals surface area (Å²) in [5.41, 5.74) is 2.08. The van der Waals surface area contributed by atoms with Crippen LogP contribution in [-0.2, 0) is 0 Å². The molecule has 11 heteroatoms. The first-order valence-corrected chi connectivity index (χ1v) is 16.0. The number of hydroxylamine groups is 1. The molecule has 0 saturated carbocycles. The Morgan fingerprint density at radius 1 is 1.29 bits per heavy atom. The Bertz CT molecular complexity index is 996. The molecule has 4 heterocycles. The van der Waals surface area contributed by atoms with E-state index < -0.39 is 27.9 Å². The van der Waals surface area contributed by atoms with E-state index in [4.69, 9.17) is 0 Å². The van der Waals surface area contributed by atoms with Gasteiger partial charge in [-0.2, -0.15) is 0 Å². The third kappa shape index (κ3) is 5.83. The Morgan fingerprint density at radius 3 is 2.71 bits per heavy atom. The number of halogens is 3. The fourth-order valence-electron chi connectivity index (χ4n) is 6.44. The van der Waals surface area contributed by atoms with Crippen molar-refractivity contribution in [2.75, 3.05) is 46.8 Å². The van der Waals surface area contributed by atoms with Gasteiger partial charge in [0.25, 0.3) is 0 Å². The Labute approximate surface area is 236 Å². The van der Waals surface area contributed by atoms with E-state index in [1.807, 2.05) is 29.4 Å². The zero-order valence-electron chi connectivity index (χ0n) is 23.0. The Kier molecular flexibility index (Phi) is 8.81. The molecule has 0 radical (unpaired) electrons. The van der Waals surface area contributed by atoms with Gasteiger partial charge in [-0.25, -0.2) is 0 Å². The summed E-state index contributed by atoms with van der Waals surface area (Å²) in [5, 5.41) is 27.0. The number of piperidine rings is 2. The van der Waals surface area contributed by atoms with E-state index in [1.54, 1.807) is 7.05 Å².